The third kappa shape index (κ3) is 3.29. The van der Waals surface area contributed by atoms with Crippen molar-refractivity contribution in [2.45, 2.75) is 44.7 Å². The first-order chi connectivity index (χ1) is 9.09. The first kappa shape index (κ1) is 13.9. The fraction of sp³-hybridized carbons (Fsp3) is 0.571. The van der Waals surface area contributed by atoms with E-state index in [9.17, 15) is 14.3 Å². The van der Waals surface area contributed by atoms with Gasteiger partial charge in [0.05, 0.1) is 6.20 Å². The van der Waals surface area contributed by atoms with E-state index in [1.165, 1.54) is 6.07 Å². The van der Waals surface area contributed by atoms with E-state index in [1.807, 2.05) is 11.8 Å². The summed E-state index contributed by atoms with van der Waals surface area (Å²) in [5, 5.41) is 9.35. The zero-order valence-corrected chi connectivity index (χ0v) is 11.1. The zero-order valence-electron chi connectivity index (χ0n) is 11.1. The largest absolute Gasteiger partial charge is 0.480 e. The first-order valence-corrected chi connectivity index (χ1v) is 6.68. The van der Waals surface area contributed by atoms with Crippen molar-refractivity contribution in [3.63, 3.8) is 0 Å². The van der Waals surface area contributed by atoms with E-state index in [0.29, 0.717) is 6.42 Å². The van der Waals surface area contributed by atoms with Crippen molar-refractivity contribution in [2.75, 3.05) is 6.54 Å². The van der Waals surface area contributed by atoms with Crippen LogP contribution in [0.15, 0.2) is 18.5 Å². The standard InChI is InChI=1S/C14H19FN2O2/c1-10(11-7-12(15)9-16-8-11)17-6-4-2-3-5-13(17)14(18)19/h7-10,13H,2-6H2,1H3,(H,18,19). The summed E-state index contributed by atoms with van der Waals surface area (Å²) in [7, 11) is 0. The van der Waals surface area contributed by atoms with Gasteiger partial charge in [-0.25, -0.2) is 4.39 Å². The Morgan fingerprint density at radius 1 is 1.47 bits per heavy atom. The fourth-order valence-electron chi connectivity index (χ4n) is 2.71. The Labute approximate surface area is 112 Å². The molecule has 104 valence electrons. The van der Waals surface area contributed by atoms with Gasteiger partial charge in [0.1, 0.15) is 11.9 Å². The van der Waals surface area contributed by atoms with Crippen LogP contribution in [0.3, 0.4) is 0 Å². The van der Waals surface area contributed by atoms with E-state index in [2.05, 4.69) is 4.98 Å². The highest BCUT2D eigenvalue weighted by atomic mass is 19.1. The van der Waals surface area contributed by atoms with E-state index < -0.39 is 12.0 Å². The molecule has 2 unspecified atom stereocenters. The minimum atomic E-state index is -0.793. The van der Waals surface area contributed by atoms with Crippen LogP contribution in [0.25, 0.3) is 0 Å². The van der Waals surface area contributed by atoms with Gasteiger partial charge in [0, 0.05) is 12.2 Å². The maximum absolute atomic E-state index is 13.2. The van der Waals surface area contributed by atoms with Crippen molar-refractivity contribution in [1.82, 2.24) is 9.88 Å². The Kier molecular flexibility index (Phi) is 4.47. The van der Waals surface area contributed by atoms with Crippen molar-refractivity contribution < 1.29 is 14.3 Å². The van der Waals surface area contributed by atoms with Crippen molar-refractivity contribution in [3.05, 3.63) is 29.8 Å². The number of aromatic nitrogens is 1. The zero-order chi connectivity index (χ0) is 13.8. The number of carboxylic acid groups (broad SMARTS) is 1. The number of rotatable bonds is 3. The lowest BCUT2D eigenvalue weighted by Gasteiger charge is -2.32. The summed E-state index contributed by atoms with van der Waals surface area (Å²) < 4.78 is 13.2. The van der Waals surface area contributed by atoms with Gasteiger partial charge < -0.3 is 5.11 Å². The number of likely N-dealkylation sites (tertiary alicyclic amines) is 1. The molecule has 1 fully saturated rings. The maximum atomic E-state index is 13.2. The van der Waals surface area contributed by atoms with Gasteiger partial charge in [-0.2, -0.15) is 0 Å². The monoisotopic (exact) mass is 266 g/mol. The summed E-state index contributed by atoms with van der Waals surface area (Å²) in [6.45, 7) is 2.65. The maximum Gasteiger partial charge on any atom is 0.320 e. The lowest BCUT2D eigenvalue weighted by Crippen LogP contribution is -2.42. The molecule has 2 heterocycles. The summed E-state index contributed by atoms with van der Waals surface area (Å²) in [5.74, 6) is -1.18. The molecular weight excluding hydrogens is 247 g/mol. The first-order valence-electron chi connectivity index (χ1n) is 6.68. The summed E-state index contributed by atoms with van der Waals surface area (Å²) in [4.78, 5) is 17.2. The average molecular weight is 266 g/mol. The topological polar surface area (TPSA) is 53.4 Å². The minimum Gasteiger partial charge on any atom is -0.480 e. The molecule has 1 aromatic rings. The molecule has 5 heteroatoms. The van der Waals surface area contributed by atoms with Crippen molar-refractivity contribution in [1.29, 1.82) is 0 Å². The number of hydrogen-bond donors (Lipinski definition) is 1. The predicted octanol–water partition coefficient (Wildman–Crippen LogP) is 2.61. The molecule has 1 aliphatic heterocycles. The van der Waals surface area contributed by atoms with E-state index in [1.54, 1.807) is 6.20 Å². The number of hydrogen-bond acceptors (Lipinski definition) is 3. The second-order valence-corrected chi connectivity index (χ2v) is 5.05. The summed E-state index contributed by atoms with van der Waals surface area (Å²) >= 11 is 0. The fourth-order valence-corrected chi connectivity index (χ4v) is 2.71. The van der Waals surface area contributed by atoms with Crippen LogP contribution in [0.5, 0.6) is 0 Å². The number of aliphatic carboxylic acids is 1. The molecule has 0 saturated carbocycles. The molecule has 2 atom stereocenters. The predicted molar refractivity (Wildman–Crippen MR) is 69.2 cm³/mol. The molecule has 1 N–H and O–H groups in total. The van der Waals surface area contributed by atoms with Crippen molar-refractivity contribution in [2.24, 2.45) is 0 Å². The van der Waals surface area contributed by atoms with Gasteiger partial charge in [0.25, 0.3) is 0 Å². The molecule has 1 saturated heterocycles. The molecule has 2 rings (SSSR count). The third-order valence-electron chi connectivity index (χ3n) is 3.79. The molecule has 0 radical (unpaired) electrons. The number of pyridine rings is 1. The van der Waals surface area contributed by atoms with Crippen LogP contribution in [0.2, 0.25) is 0 Å². The molecule has 0 aliphatic carbocycles. The summed E-state index contributed by atoms with van der Waals surface area (Å²) in [6.07, 6.45) is 6.39. The molecule has 0 amide bonds. The summed E-state index contributed by atoms with van der Waals surface area (Å²) in [5.41, 5.74) is 0.730. The highest BCUT2D eigenvalue weighted by Gasteiger charge is 2.31. The van der Waals surface area contributed by atoms with Gasteiger partial charge in [-0.05, 0) is 37.9 Å². The third-order valence-corrected chi connectivity index (χ3v) is 3.79. The SMILES string of the molecule is CC(c1cncc(F)c1)N1CCCCCC1C(=O)O. The molecule has 0 spiro atoms. The quantitative estimate of drug-likeness (QED) is 0.913. The van der Waals surface area contributed by atoms with Crippen LogP contribution >= 0.6 is 0 Å². The average Bonchev–Trinajstić information content (AvgIpc) is 2.63. The smallest absolute Gasteiger partial charge is 0.320 e. The Bertz CT molecular complexity index is 453. The molecule has 0 bridgehead atoms. The molecule has 1 aliphatic rings. The van der Waals surface area contributed by atoms with Crippen LogP contribution in [-0.4, -0.2) is 33.5 Å². The van der Waals surface area contributed by atoms with Crippen LogP contribution in [0, 0.1) is 5.82 Å². The van der Waals surface area contributed by atoms with Gasteiger partial charge in [-0.15, -0.1) is 0 Å². The Morgan fingerprint density at radius 2 is 2.26 bits per heavy atom. The molecule has 4 nitrogen and oxygen atoms in total. The van der Waals surface area contributed by atoms with E-state index >= 15 is 0 Å². The van der Waals surface area contributed by atoms with Crippen molar-refractivity contribution in [3.8, 4) is 0 Å². The lowest BCUT2D eigenvalue weighted by molar-refractivity contribution is -0.144. The highest BCUT2D eigenvalue weighted by Crippen LogP contribution is 2.27. The van der Waals surface area contributed by atoms with Gasteiger partial charge >= 0.3 is 5.97 Å². The van der Waals surface area contributed by atoms with Crippen LogP contribution in [0.4, 0.5) is 4.39 Å². The molecule has 0 aromatic carbocycles. The van der Waals surface area contributed by atoms with Gasteiger partial charge in [0.15, 0.2) is 0 Å². The Hall–Kier alpha value is -1.49. The summed E-state index contributed by atoms with van der Waals surface area (Å²) in [6, 6.07) is 0.810. The number of nitrogens with zero attached hydrogens (tertiary/aromatic N) is 2. The van der Waals surface area contributed by atoms with Crippen LogP contribution in [0.1, 0.15) is 44.2 Å². The normalized spacial score (nSPS) is 22.7. The number of carbonyl (C=O) groups is 1. The van der Waals surface area contributed by atoms with Crippen LogP contribution in [-0.2, 0) is 4.79 Å². The second kappa shape index (κ2) is 6.10. The van der Waals surface area contributed by atoms with Gasteiger partial charge in [0.2, 0.25) is 0 Å². The number of halogens is 1. The molecular formula is C14H19FN2O2. The van der Waals surface area contributed by atoms with Gasteiger partial charge in [-0.3, -0.25) is 14.7 Å². The van der Waals surface area contributed by atoms with Gasteiger partial charge in [-0.1, -0.05) is 12.8 Å². The van der Waals surface area contributed by atoms with E-state index in [-0.39, 0.29) is 11.9 Å². The molecule has 1 aromatic heterocycles. The minimum absolute atomic E-state index is 0.137. The Morgan fingerprint density at radius 3 is 2.95 bits per heavy atom. The van der Waals surface area contributed by atoms with E-state index in [4.69, 9.17) is 0 Å². The highest BCUT2D eigenvalue weighted by molar-refractivity contribution is 5.73. The van der Waals surface area contributed by atoms with Crippen LogP contribution < -0.4 is 0 Å². The second-order valence-electron chi connectivity index (χ2n) is 5.05. The number of carboxylic acids is 1. The Balaban J connectivity index is 2.23. The molecule has 19 heavy (non-hydrogen) atoms. The lowest BCUT2D eigenvalue weighted by atomic mass is 10.0. The van der Waals surface area contributed by atoms with E-state index in [0.717, 1.165) is 37.6 Å². The van der Waals surface area contributed by atoms with Crippen molar-refractivity contribution >= 4 is 5.97 Å².